The number of methoxy groups -OCH3 is 3. The van der Waals surface area contributed by atoms with E-state index in [1.807, 2.05) is 24.3 Å². The Morgan fingerprint density at radius 3 is 2.41 bits per heavy atom. The van der Waals surface area contributed by atoms with Gasteiger partial charge in [0.25, 0.3) is 0 Å². The molecule has 2 aliphatic rings. The molecule has 0 saturated carbocycles. The van der Waals surface area contributed by atoms with Gasteiger partial charge < -0.3 is 29.0 Å². The monoisotopic (exact) mass is 377 g/mol. The van der Waals surface area contributed by atoms with E-state index in [0.717, 1.165) is 18.4 Å². The number of rotatable bonds is 6. The molecule has 1 fully saturated rings. The fourth-order valence-corrected chi connectivity index (χ4v) is 3.76. The number of benzene rings is 1. The van der Waals surface area contributed by atoms with E-state index < -0.39 is 11.9 Å². The van der Waals surface area contributed by atoms with E-state index in [1.54, 1.807) is 14.2 Å². The topological polar surface area (TPSA) is 75.3 Å². The van der Waals surface area contributed by atoms with Gasteiger partial charge in [-0.25, -0.2) is 4.79 Å². The molecule has 1 aromatic carbocycles. The minimum atomic E-state index is -0.615. The first kappa shape index (κ1) is 19.5. The molecular formula is C20H27NO6. The Morgan fingerprint density at radius 1 is 1.07 bits per heavy atom. The van der Waals surface area contributed by atoms with Crippen molar-refractivity contribution in [1.82, 2.24) is 5.32 Å². The van der Waals surface area contributed by atoms with Gasteiger partial charge in [0, 0.05) is 18.4 Å². The summed E-state index contributed by atoms with van der Waals surface area (Å²) in [5.74, 6) is 0.746. The summed E-state index contributed by atoms with van der Waals surface area (Å²) in [6.45, 7) is 1.70. The maximum atomic E-state index is 11.5. The molecule has 0 aromatic heterocycles. The van der Waals surface area contributed by atoms with Gasteiger partial charge in [0.15, 0.2) is 17.3 Å². The van der Waals surface area contributed by atoms with E-state index >= 15 is 0 Å². The van der Waals surface area contributed by atoms with Gasteiger partial charge in [0.1, 0.15) is 0 Å². The summed E-state index contributed by atoms with van der Waals surface area (Å²) in [6, 6.07) is 5.94. The van der Waals surface area contributed by atoms with Crippen LogP contribution in [0.25, 0.3) is 0 Å². The van der Waals surface area contributed by atoms with Crippen LogP contribution in [0.15, 0.2) is 30.4 Å². The molecule has 27 heavy (non-hydrogen) atoms. The number of ether oxygens (including phenoxy) is 5. The van der Waals surface area contributed by atoms with Crippen LogP contribution in [0.5, 0.6) is 11.5 Å². The minimum Gasteiger partial charge on any atom is -0.493 e. The highest BCUT2D eigenvalue weighted by Crippen LogP contribution is 2.45. The predicted molar refractivity (Wildman–Crippen MR) is 99.3 cm³/mol. The molecule has 1 amide bonds. The Bertz CT molecular complexity index is 698. The minimum absolute atomic E-state index is 0.277. The van der Waals surface area contributed by atoms with E-state index in [0.29, 0.717) is 37.7 Å². The third kappa shape index (κ3) is 4.04. The number of hydrogen-bond donors (Lipinski definition) is 1. The summed E-state index contributed by atoms with van der Waals surface area (Å²) in [6.07, 6.45) is 6.00. The number of carbonyl (C=O) groups is 1. The van der Waals surface area contributed by atoms with Gasteiger partial charge in [-0.3, -0.25) is 0 Å². The van der Waals surface area contributed by atoms with Crippen LogP contribution < -0.4 is 14.8 Å². The van der Waals surface area contributed by atoms with E-state index in [2.05, 4.69) is 16.1 Å². The zero-order valence-corrected chi connectivity index (χ0v) is 16.1. The first-order valence-electron chi connectivity index (χ1n) is 9.09. The zero-order chi connectivity index (χ0) is 19.3. The molecule has 0 bridgehead atoms. The van der Waals surface area contributed by atoms with Crippen molar-refractivity contribution < 1.29 is 28.5 Å². The lowest BCUT2D eigenvalue weighted by Gasteiger charge is -2.39. The number of hydrogen-bond acceptors (Lipinski definition) is 6. The zero-order valence-electron chi connectivity index (χ0n) is 16.1. The van der Waals surface area contributed by atoms with Crippen molar-refractivity contribution in [3.8, 4) is 11.5 Å². The normalized spacial score (nSPS) is 23.2. The smallest absolute Gasteiger partial charge is 0.406 e. The van der Waals surface area contributed by atoms with Crippen LogP contribution in [-0.2, 0) is 19.6 Å². The van der Waals surface area contributed by atoms with Gasteiger partial charge in [0.2, 0.25) is 0 Å². The van der Waals surface area contributed by atoms with E-state index in [4.69, 9.17) is 18.9 Å². The molecule has 1 heterocycles. The van der Waals surface area contributed by atoms with Crippen molar-refractivity contribution in [2.75, 3.05) is 41.1 Å². The number of alkyl carbamates (subject to hydrolysis) is 1. The van der Waals surface area contributed by atoms with Crippen LogP contribution in [0.4, 0.5) is 4.79 Å². The summed E-state index contributed by atoms with van der Waals surface area (Å²) in [4.78, 5) is 11.5. The Kier molecular flexibility index (Phi) is 5.92. The van der Waals surface area contributed by atoms with Crippen molar-refractivity contribution in [3.05, 3.63) is 35.9 Å². The lowest BCUT2D eigenvalue weighted by atomic mass is 9.70. The van der Waals surface area contributed by atoms with E-state index in [1.165, 1.54) is 7.11 Å². The van der Waals surface area contributed by atoms with Crippen molar-refractivity contribution in [3.63, 3.8) is 0 Å². The van der Waals surface area contributed by atoms with Crippen LogP contribution >= 0.6 is 0 Å². The second-order valence-electron chi connectivity index (χ2n) is 6.74. The van der Waals surface area contributed by atoms with Gasteiger partial charge in [-0.15, -0.1) is 0 Å². The lowest BCUT2D eigenvalue weighted by molar-refractivity contribution is -0.128. The second kappa shape index (κ2) is 8.19. The molecule has 1 N–H and O–H groups in total. The fraction of sp³-hybridized carbons (Fsp3) is 0.550. The van der Waals surface area contributed by atoms with Crippen molar-refractivity contribution >= 4 is 6.09 Å². The van der Waals surface area contributed by atoms with Crippen LogP contribution in [0.3, 0.4) is 0 Å². The average molecular weight is 377 g/mol. The number of carbonyl (C=O) groups excluding carboxylic acids is 1. The fourth-order valence-electron chi connectivity index (χ4n) is 3.76. The van der Waals surface area contributed by atoms with Gasteiger partial charge in [-0.2, -0.15) is 0 Å². The molecule has 1 spiro atoms. The molecule has 7 heteroatoms. The highest BCUT2D eigenvalue weighted by molar-refractivity contribution is 5.66. The van der Waals surface area contributed by atoms with Crippen LogP contribution in [0, 0.1) is 0 Å². The van der Waals surface area contributed by atoms with E-state index in [9.17, 15) is 4.79 Å². The Labute approximate surface area is 159 Å². The summed E-state index contributed by atoms with van der Waals surface area (Å²) in [5.41, 5.74) is 0.817. The van der Waals surface area contributed by atoms with E-state index in [-0.39, 0.29) is 5.41 Å². The van der Waals surface area contributed by atoms with Crippen LogP contribution in [0.1, 0.15) is 24.8 Å². The third-order valence-electron chi connectivity index (χ3n) is 5.34. The van der Waals surface area contributed by atoms with Crippen molar-refractivity contribution in [2.24, 2.45) is 0 Å². The molecule has 3 rings (SSSR count). The Morgan fingerprint density at radius 2 is 1.81 bits per heavy atom. The molecule has 7 nitrogen and oxygen atoms in total. The Hall–Kier alpha value is -2.25. The summed E-state index contributed by atoms with van der Waals surface area (Å²) in [7, 11) is 4.60. The number of nitrogens with one attached hydrogen (secondary N) is 1. The standard InChI is InChI=1S/C20H27NO6/c1-23-16-5-4-15(14-17(16)24-2)19(10-11-21-18(22)25-3)6-8-20(9-7-19)26-12-13-27-20/h4-6,8,14H,7,9-13H2,1-3H3,(H,21,22)/t19-/m1/s1. The highest BCUT2D eigenvalue weighted by Gasteiger charge is 2.43. The second-order valence-corrected chi connectivity index (χ2v) is 6.74. The van der Waals surface area contributed by atoms with Gasteiger partial charge >= 0.3 is 6.09 Å². The molecule has 1 saturated heterocycles. The first-order valence-corrected chi connectivity index (χ1v) is 9.09. The highest BCUT2D eigenvalue weighted by atomic mass is 16.7. The van der Waals surface area contributed by atoms with Crippen LogP contribution in [-0.4, -0.2) is 53.0 Å². The van der Waals surface area contributed by atoms with Crippen LogP contribution in [0.2, 0.25) is 0 Å². The predicted octanol–water partition coefficient (Wildman–Crippen LogP) is 2.78. The molecular weight excluding hydrogens is 350 g/mol. The molecule has 1 aliphatic carbocycles. The maximum Gasteiger partial charge on any atom is 0.406 e. The molecule has 1 aliphatic heterocycles. The van der Waals surface area contributed by atoms with Gasteiger partial charge in [0.05, 0.1) is 34.5 Å². The molecule has 0 radical (unpaired) electrons. The van der Waals surface area contributed by atoms with Crippen molar-refractivity contribution in [2.45, 2.75) is 30.5 Å². The summed E-state index contributed by atoms with van der Waals surface area (Å²) < 4.78 is 27.1. The Balaban J connectivity index is 1.89. The number of amides is 1. The molecule has 1 atom stereocenters. The SMILES string of the molecule is COC(=O)NCC[C@@]1(c2ccc(OC)c(OC)c2)C=CC2(CC1)OCCO2. The largest absolute Gasteiger partial charge is 0.493 e. The third-order valence-corrected chi connectivity index (χ3v) is 5.34. The molecule has 0 unspecified atom stereocenters. The molecule has 148 valence electrons. The molecule has 1 aromatic rings. The van der Waals surface area contributed by atoms with Gasteiger partial charge in [-0.1, -0.05) is 12.1 Å². The maximum absolute atomic E-state index is 11.5. The van der Waals surface area contributed by atoms with Crippen molar-refractivity contribution in [1.29, 1.82) is 0 Å². The summed E-state index contributed by atoms with van der Waals surface area (Å²) >= 11 is 0. The lowest BCUT2D eigenvalue weighted by Crippen LogP contribution is -2.39. The quantitative estimate of drug-likeness (QED) is 0.769. The summed E-state index contributed by atoms with van der Waals surface area (Å²) in [5, 5.41) is 2.77. The average Bonchev–Trinajstić information content (AvgIpc) is 3.17. The number of allylic oxidation sites excluding steroid dienone is 1. The first-order chi connectivity index (χ1) is 13.1. The van der Waals surface area contributed by atoms with Gasteiger partial charge in [-0.05, 0) is 36.6 Å².